The third-order valence-electron chi connectivity index (χ3n) is 4.63. The van der Waals surface area contributed by atoms with Gasteiger partial charge in [0.1, 0.15) is 5.54 Å². The van der Waals surface area contributed by atoms with Gasteiger partial charge in [-0.05, 0) is 24.3 Å². The van der Waals surface area contributed by atoms with Crippen molar-refractivity contribution in [2.24, 2.45) is 0 Å². The van der Waals surface area contributed by atoms with Gasteiger partial charge in [-0.1, -0.05) is 6.07 Å². The lowest BCUT2D eigenvalue weighted by molar-refractivity contribution is -0.136. The number of carbonyl (C=O) groups is 4. The summed E-state index contributed by atoms with van der Waals surface area (Å²) >= 11 is 1.49. The molecule has 2 fully saturated rings. The molecule has 1 aromatic rings. The largest absolute Gasteiger partial charge is 0.348 e. The Bertz CT molecular complexity index is 695. The number of amides is 5. The molecule has 2 aliphatic heterocycles. The zero-order chi connectivity index (χ0) is 18.0. The number of thiophene rings is 1. The molecular weight excluding hydrogens is 344 g/mol. The van der Waals surface area contributed by atoms with Crippen LogP contribution in [-0.2, 0) is 14.4 Å². The highest BCUT2D eigenvalue weighted by atomic mass is 32.1. The number of hydrogen-bond donors (Lipinski definition) is 3. The van der Waals surface area contributed by atoms with E-state index in [0.717, 1.165) is 4.88 Å². The smallest absolute Gasteiger partial charge is 0.322 e. The fourth-order valence-electron chi connectivity index (χ4n) is 3.28. The average molecular weight is 364 g/mol. The van der Waals surface area contributed by atoms with E-state index >= 15 is 0 Å². The standard InChI is InChI=1S/C16H20N4O4S/c1-10(21)17-11(12-3-2-8-25-12)9-13(22)20-6-4-16(5-7-20)14(23)18-15(24)19-16/h2-3,8,11H,4-7,9H2,1H3,(H,17,21)(H2,18,19,23,24)/t11-/m0/s1. The van der Waals surface area contributed by atoms with Gasteiger partial charge in [0.2, 0.25) is 11.8 Å². The first kappa shape index (κ1) is 17.4. The number of rotatable bonds is 4. The minimum absolute atomic E-state index is 0.0771. The molecule has 0 aliphatic carbocycles. The maximum absolute atomic E-state index is 12.6. The van der Waals surface area contributed by atoms with Crippen LogP contribution < -0.4 is 16.0 Å². The van der Waals surface area contributed by atoms with Crippen molar-refractivity contribution in [2.75, 3.05) is 13.1 Å². The Morgan fingerprint density at radius 3 is 2.60 bits per heavy atom. The molecule has 1 spiro atoms. The maximum Gasteiger partial charge on any atom is 0.322 e. The zero-order valence-corrected chi connectivity index (χ0v) is 14.6. The monoisotopic (exact) mass is 364 g/mol. The Balaban J connectivity index is 1.61. The van der Waals surface area contributed by atoms with Crippen LogP contribution in [-0.4, -0.2) is 47.3 Å². The molecule has 0 saturated carbocycles. The number of likely N-dealkylation sites (tertiary alicyclic amines) is 1. The molecule has 1 atom stereocenters. The third-order valence-corrected chi connectivity index (χ3v) is 5.61. The van der Waals surface area contributed by atoms with Crippen LogP contribution >= 0.6 is 11.3 Å². The van der Waals surface area contributed by atoms with Crippen molar-refractivity contribution >= 4 is 35.1 Å². The number of piperidine rings is 1. The fourth-order valence-corrected chi connectivity index (χ4v) is 4.06. The predicted octanol–water partition coefficient (Wildman–Crippen LogP) is 0.516. The molecular formula is C16H20N4O4S. The van der Waals surface area contributed by atoms with Crippen LogP contribution in [0.15, 0.2) is 17.5 Å². The van der Waals surface area contributed by atoms with E-state index in [1.165, 1.54) is 18.3 Å². The van der Waals surface area contributed by atoms with Gasteiger partial charge >= 0.3 is 6.03 Å². The van der Waals surface area contributed by atoms with Gasteiger partial charge in [-0.15, -0.1) is 11.3 Å². The number of carbonyl (C=O) groups excluding carboxylic acids is 4. The first-order valence-electron chi connectivity index (χ1n) is 8.11. The lowest BCUT2D eigenvalue weighted by Crippen LogP contribution is -2.56. The van der Waals surface area contributed by atoms with E-state index in [2.05, 4.69) is 16.0 Å². The summed E-state index contributed by atoms with van der Waals surface area (Å²) in [6.45, 7) is 2.21. The molecule has 0 radical (unpaired) electrons. The number of nitrogens with zero attached hydrogens (tertiary/aromatic N) is 1. The summed E-state index contributed by atoms with van der Waals surface area (Å²) in [5, 5.41) is 9.65. The molecule has 0 bridgehead atoms. The third kappa shape index (κ3) is 3.65. The first-order valence-corrected chi connectivity index (χ1v) is 8.99. The van der Waals surface area contributed by atoms with Gasteiger partial charge in [0.15, 0.2) is 0 Å². The molecule has 0 aromatic carbocycles. The summed E-state index contributed by atoms with van der Waals surface area (Å²) in [5.74, 6) is -0.583. The van der Waals surface area contributed by atoms with E-state index < -0.39 is 11.6 Å². The maximum atomic E-state index is 12.6. The summed E-state index contributed by atoms with van der Waals surface area (Å²) in [5.41, 5.74) is -0.890. The molecule has 0 unspecified atom stereocenters. The van der Waals surface area contributed by atoms with Crippen molar-refractivity contribution in [3.05, 3.63) is 22.4 Å². The van der Waals surface area contributed by atoms with Crippen molar-refractivity contribution < 1.29 is 19.2 Å². The SMILES string of the molecule is CC(=O)N[C@@H](CC(=O)N1CCC2(CC1)NC(=O)NC2=O)c1cccs1. The molecule has 8 nitrogen and oxygen atoms in total. The van der Waals surface area contributed by atoms with Crippen molar-refractivity contribution in [3.8, 4) is 0 Å². The van der Waals surface area contributed by atoms with E-state index in [0.29, 0.717) is 25.9 Å². The molecule has 134 valence electrons. The normalized spacial score (nSPS) is 20.1. The van der Waals surface area contributed by atoms with Gasteiger partial charge in [-0.25, -0.2) is 4.79 Å². The Hall–Kier alpha value is -2.42. The number of hydrogen-bond acceptors (Lipinski definition) is 5. The summed E-state index contributed by atoms with van der Waals surface area (Å²) in [4.78, 5) is 50.0. The van der Waals surface area contributed by atoms with Crippen molar-refractivity contribution in [2.45, 2.75) is 37.8 Å². The molecule has 25 heavy (non-hydrogen) atoms. The van der Waals surface area contributed by atoms with Crippen LogP contribution in [0.1, 0.15) is 37.1 Å². The zero-order valence-electron chi connectivity index (χ0n) is 13.8. The first-order chi connectivity index (χ1) is 11.9. The van der Waals surface area contributed by atoms with E-state index in [-0.39, 0.29) is 30.2 Å². The average Bonchev–Trinajstić information content (AvgIpc) is 3.16. The van der Waals surface area contributed by atoms with Crippen LogP contribution in [0.25, 0.3) is 0 Å². The second kappa shape index (κ2) is 6.83. The number of imide groups is 1. The highest BCUT2D eigenvalue weighted by molar-refractivity contribution is 7.10. The second-order valence-electron chi connectivity index (χ2n) is 6.34. The van der Waals surface area contributed by atoms with Crippen LogP contribution in [0.4, 0.5) is 4.79 Å². The highest BCUT2D eigenvalue weighted by Gasteiger charge is 2.48. The fraction of sp³-hybridized carbons (Fsp3) is 0.500. The van der Waals surface area contributed by atoms with Gasteiger partial charge in [0.25, 0.3) is 5.91 Å². The minimum atomic E-state index is -0.890. The van der Waals surface area contributed by atoms with Crippen LogP contribution in [0.2, 0.25) is 0 Å². The van der Waals surface area contributed by atoms with Gasteiger partial charge in [0.05, 0.1) is 12.5 Å². The summed E-state index contributed by atoms with van der Waals surface area (Å²) in [6.07, 6.45) is 0.950. The molecule has 3 heterocycles. The summed E-state index contributed by atoms with van der Waals surface area (Å²) in [6, 6.07) is 2.94. The molecule has 5 amide bonds. The van der Waals surface area contributed by atoms with Gasteiger partial charge in [-0.2, -0.15) is 0 Å². The lowest BCUT2D eigenvalue weighted by Gasteiger charge is -2.37. The molecule has 3 rings (SSSR count). The molecule has 2 aliphatic rings. The number of urea groups is 1. The van der Waals surface area contributed by atoms with Crippen LogP contribution in [0, 0.1) is 0 Å². The Morgan fingerprint density at radius 1 is 1.36 bits per heavy atom. The second-order valence-corrected chi connectivity index (χ2v) is 7.32. The van der Waals surface area contributed by atoms with E-state index in [9.17, 15) is 19.2 Å². The van der Waals surface area contributed by atoms with Crippen molar-refractivity contribution in [3.63, 3.8) is 0 Å². The minimum Gasteiger partial charge on any atom is -0.348 e. The van der Waals surface area contributed by atoms with E-state index in [1.54, 1.807) is 4.90 Å². The quantitative estimate of drug-likeness (QED) is 0.677. The predicted molar refractivity (Wildman–Crippen MR) is 90.7 cm³/mol. The van der Waals surface area contributed by atoms with Crippen molar-refractivity contribution in [1.29, 1.82) is 0 Å². The Morgan fingerprint density at radius 2 is 2.08 bits per heavy atom. The Labute approximate surface area is 148 Å². The van der Waals surface area contributed by atoms with Gasteiger partial charge in [-0.3, -0.25) is 19.7 Å². The number of nitrogens with one attached hydrogen (secondary N) is 3. The highest BCUT2D eigenvalue weighted by Crippen LogP contribution is 2.28. The summed E-state index contributed by atoms with van der Waals surface area (Å²) in [7, 11) is 0. The van der Waals surface area contributed by atoms with E-state index in [1.807, 2.05) is 17.5 Å². The molecule has 2 saturated heterocycles. The summed E-state index contributed by atoms with van der Waals surface area (Å²) < 4.78 is 0. The van der Waals surface area contributed by atoms with Crippen LogP contribution in [0.3, 0.4) is 0 Å². The van der Waals surface area contributed by atoms with Crippen LogP contribution in [0.5, 0.6) is 0 Å². The van der Waals surface area contributed by atoms with Crippen molar-refractivity contribution in [1.82, 2.24) is 20.9 Å². The molecule has 3 N–H and O–H groups in total. The molecule has 1 aromatic heterocycles. The van der Waals surface area contributed by atoms with Gasteiger partial charge < -0.3 is 15.5 Å². The lowest BCUT2D eigenvalue weighted by atomic mass is 9.87. The van der Waals surface area contributed by atoms with E-state index in [4.69, 9.17) is 0 Å². The molecule has 9 heteroatoms. The Kier molecular flexibility index (Phi) is 4.76. The van der Waals surface area contributed by atoms with Gasteiger partial charge in [0, 0.05) is 24.9 Å². The topological polar surface area (TPSA) is 108 Å².